The van der Waals surface area contributed by atoms with Gasteiger partial charge >= 0.3 is 5.97 Å². The molecule has 1 amide bonds. The van der Waals surface area contributed by atoms with Crippen LogP contribution in [0.3, 0.4) is 0 Å². The van der Waals surface area contributed by atoms with Gasteiger partial charge in [0.05, 0.1) is 20.3 Å². The SMILES string of the molecule is COc1ccc(OCC(=O)OCC(=O)Nc2ccc3c(c2)OCCCO3)cc1. The molecule has 0 spiro atoms. The summed E-state index contributed by atoms with van der Waals surface area (Å²) in [5, 5.41) is 2.65. The van der Waals surface area contributed by atoms with E-state index in [4.69, 9.17) is 23.7 Å². The number of esters is 1. The van der Waals surface area contributed by atoms with Crippen LogP contribution >= 0.6 is 0 Å². The van der Waals surface area contributed by atoms with Gasteiger partial charge in [0.15, 0.2) is 24.7 Å². The maximum atomic E-state index is 12.0. The third kappa shape index (κ3) is 5.54. The highest BCUT2D eigenvalue weighted by atomic mass is 16.6. The fraction of sp³-hybridized carbons (Fsp3) is 0.300. The minimum Gasteiger partial charge on any atom is -0.497 e. The molecule has 0 atom stereocenters. The zero-order chi connectivity index (χ0) is 19.8. The molecule has 0 aliphatic carbocycles. The quantitative estimate of drug-likeness (QED) is 0.730. The van der Waals surface area contributed by atoms with Crippen molar-refractivity contribution in [3.8, 4) is 23.0 Å². The summed E-state index contributed by atoms with van der Waals surface area (Å²) in [4.78, 5) is 23.7. The van der Waals surface area contributed by atoms with Crippen molar-refractivity contribution in [3.63, 3.8) is 0 Å². The van der Waals surface area contributed by atoms with Gasteiger partial charge in [-0.3, -0.25) is 4.79 Å². The van der Waals surface area contributed by atoms with E-state index in [2.05, 4.69) is 5.32 Å². The van der Waals surface area contributed by atoms with Crippen LogP contribution in [0.15, 0.2) is 42.5 Å². The van der Waals surface area contributed by atoms with Crippen LogP contribution in [0.2, 0.25) is 0 Å². The third-order valence-corrected chi connectivity index (χ3v) is 3.81. The van der Waals surface area contributed by atoms with Gasteiger partial charge in [-0.25, -0.2) is 4.79 Å². The fourth-order valence-electron chi connectivity index (χ4n) is 2.44. The van der Waals surface area contributed by atoms with Gasteiger partial charge in [0.2, 0.25) is 0 Å². The molecular formula is C20H21NO7. The normalized spacial score (nSPS) is 12.5. The number of anilines is 1. The summed E-state index contributed by atoms with van der Waals surface area (Å²) in [5.41, 5.74) is 0.528. The van der Waals surface area contributed by atoms with Crippen molar-refractivity contribution in [3.05, 3.63) is 42.5 Å². The van der Waals surface area contributed by atoms with Crippen LogP contribution in [0.4, 0.5) is 5.69 Å². The van der Waals surface area contributed by atoms with Crippen LogP contribution in [0.5, 0.6) is 23.0 Å². The number of benzene rings is 2. The summed E-state index contributed by atoms with van der Waals surface area (Å²) >= 11 is 0. The molecule has 0 bridgehead atoms. The lowest BCUT2D eigenvalue weighted by molar-refractivity contribution is -0.149. The lowest BCUT2D eigenvalue weighted by Crippen LogP contribution is -2.23. The van der Waals surface area contributed by atoms with Gasteiger partial charge in [0, 0.05) is 18.2 Å². The van der Waals surface area contributed by atoms with E-state index >= 15 is 0 Å². The second-order valence-corrected chi connectivity index (χ2v) is 5.89. The molecule has 0 unspecified atom stereocenters. The molecular weight excluding hydrogens is 366 g/mol. The van der Waals surface area contributed by atoms with Crippen LogP contribution < -0.4 is 24.3 Å². The summed E-state index contributed by atoms with van der Waals surface area (Å²) in [5.74, 6) is 1.27. The number of amides is 1. The number of hydrogen-bond acceptors (Lipinski definition) is 7. The predicted octanol–water partition coefficient (Wildman–Crippen LogP) is 2.42. The van der Waals surface area contributed by atoms with Gasteiger partial charge in [-0.15, -0.1) is 0 Å². The first kappa shape index (κ1) is 19.3. The van der Waals surface area contributed by atoms with Crippen LogP contribution in [0, 0.1) is 0 Å². The maximum Gasteiger partial charge on any atom is 0.344 e. The first-order valence-electron chi connectivity index (χ1n) is 8.76. The number of ether oxygens (including phenoxy) is 5. The molecule has 0 saturated heterocycles. The molecule has 8 nitrogen and oxygen atoms in total. The number of rotatable bonds is 7. The van der Waals surface area contributed by atoms with E-state index in [1.165, 1.54) is 0 Å². The Bertz CT molecular complexity index is 820. The Hall–Kier alpha value is -3.42. The van der Waals surface area contributed by atoms with Gasteiger partial charge in [-0.05, 0) is 36.4 Å². The molecule has 148 valence electrons. The minimum absolute atomic E-state index is 0.302. The van der Waals surface area contributed by atoms with Crippen molar-refractivity contribution in [2.24, 2.45) is 0 Å². The highest BCUT2D eigenvalue weighted by Crippen LogP contribution is 2.32. The maximum absolute atomic E-state index is 12.0. The van der Waals surface area contributed by atoms with Crippen molar-refractivity contribution in [2.45, 2.75) is 6.42 Å². The average molecular weight is 387 g/mol. The van der Waals surface area contributed by atoms with Crippen molar-refractivity contribution >= 4 is 17.6 Å². The number of hydrogen-bond donors (Lipinski definition) is 1. The molecule has 3 rings (SSSR count). The topological polar surface area (TPSA) is 92.3 Å². The zero-order valence-electron chi connectivity index (χ0n) is 15.4. The van der Waals surface area contributed by atoms with Crippen molar-refractivity contribution in [2.75, 3.05) is 38.9 Å². The Morgan fingerprint density at radius 1 is 0.964 bits per heavy atom. The summed E-state index contributed by atoms with van der Waals surface area (Å²) in [7, 11) is 1.56. The molecule has 1 aliphatic heterocycles. The lowest BCUT2D eigenvalue weighted by Gasteiger charge is -2.11. The summed E-state index contributed by atoms with van der Waals surface area (Å²) in [6.07, 6.45) is 0.797. The second kappa shape index (κ2) is 9.50. The molecule has 2 aromatic rings. The highest BCUT2D eigenvalue weighted by molar-refractivity contribution is 5.93. The van der Waals surface area contributed by atoms with Crippen LogP contribution in [-0.2, 0) is 14.3 Å². The Labute approximate surface area is 162 Å². The van der Waals surface area contributed by atoms with Crippen LogP contribution in [0.1, 0.15) is 6.42 Å². The molecule has 1 heterocycles. The fourth-order valence-corrected chi connectivity index (χ4v) is 2.44. The average Bonchev–Trinajstić information content (AvgIpc) is 2.96. The van der Waals surface area contributed by atoms with E-state index in [0.717, 1.165) is 6.42 Å². The molecule has 0 aromatic heterocycles. The van der Waals surface area contributed by atoms with Gasteiger partial charge in [-0.2, -0.15) is 0 Å². The van der Waals surface area contributed by atoms with E-state index in [1.54, 1.807) is 49.6 Å². The van der Waals surface area contributed by atoms with E-state index in [-0.39, 0.29) is 6.61 Å². The standard InChI is InChI=1S/C20H21NO7/c1-24-15-4-6-16(7-5-15)27-13-20(23)28-12-19(22)21-14-3-8-17-18(11-14)26-10-2-9-25-17/h3-8,11H,2,9-10,12-13H2,1H3,(H,21,22). The van der Waals surface area contributed by atoms with Crippen molar-refractivity contribution < 1.29 is 33.3 Å². The molecule has 0 fully saturated rings. The summed E-state index contributed by atoms with van der Waals surface area (Å²) in [6.45, 7) is 0.423. The second-order valence-electron chi connectivity index (χ2n) is 5.89. The lowest BCUT2D eigenvalue weighted by atomic mass is 10.2. The monoisotopic (exact) mass is 387 g/mol. The van der Waals surface area contributed by atoms with Gasteiger partial charge < -0.3 is 29.0 Å². The molecule has 2 aromatic carbocycles. The molecule has 1 N–H and O–H groups in total. The first-order valence-corrected chi connectivity index (χ1v) is 8.76. The van der Waals surface area contributed by atoms with E-state index in [1.807, 2.05) is 0 Å². The van der Waals surface area contributed by atoms with E-state index < -0.39 is 18.5 Å². The van der Waals surface area contributed by atoms with E-state index in [0.29, 0.717) is 41.9 Å². The molecule has 8 heteroatoms. The Balaban J connectivity index is 1.42. The highest BCUT2D eigenvalue weighted by Gasteiger charge is 2.13. The summed E-state index contributed by atoms with van der Waals surface area (Å²) in [6, 6.07) is 11.9. The largest absolute Gasteiger partial charge is 0.497 e. The van der Waals surface area contributed by atoms with Crippen LogP contribution in [0.25, 0.3) is 0 Å². The minimum atomic E-state index is -0.648. The molecule has 0 radical (unpaired) electrons. The number of carbonyl (C=O) groups excluding carboxylic acids is 2. The van der Waals surface area contributed by atoms with Crippen molar-refractivity contribution in [1.29, 1.82) is 0 Å². The molecule has 0 saturated carbocycles. The molecule has 28 heavy (non-hydrogen) atoms. The number of fused-ring (bicyclic) bond motifs is 1. The third-order valence-electron chi connectivity index (χ3n) is 3.81. The Morgan fingerprint density at radius 2 is 1.68 bits per heavy atom. The Kier molecular flexibility index (Phi) is 6.56. The van der Waals surface area contributed by atoms with E-state index in [9.17, 15) is 9.59 Å². The van der Waals surface area contributed by atoms with Gasteiger partial charge in [-0.1, -0.05) is 0 Å². The molecule has 1 aliphatic rings. The predicted molar refractivity (Wildman–Crippen MR) is 100 cm³/mol. The Morgan fingerprint density at radius 3 is 2.43 bits per heavy atom. The zero-order valence-corrected chi connectivity index (χ0v) is 15.4. The number of nitrogens with one attached hydrogen (secondary N) is 1. The van der Waals surface area contributed by atoms with Crippen molar-refractivity contribution in [1.82, 2.24) is 0 Å². The smallest absolute Gasteiger partial charge is 0.344 e. The number of methoxy groups -OCH3 is 1. The summed E-state index contributed by atoms with van der Waals surface area (Å²) < 4.78 is 26.4. The van der Waals surface area contributed by atoms with Gasteiger partial charge in [0.25, 0.3) is 5.91 Å². The van der Waals surface area contributed by atoms with Crippen LogP contribution in [-0.4, -0.2) is 45.4 Å². The first-order chi connectivity index (χ1) is 13.6. The van der Waals surface area contributed by atoms with Gasteiger partial charge in [0.1, 0.15) is 11.5 Å². The number of carbonyl (C=O) groups is 2.